The third-order valence-electron chi connectivity index (χ3n) is 5.76. The van der Waals surface area contributed by atoms with Gasteiger partial charge >= 0.3 is 0 Å². The zero-order chi connectivity index (χ0) is 17.6. The minimum atomic E-state index is -0.220. The molecule has 0 N–H and O–H groups in total. The molecule has 0 aromatic carbocycles. The van der Waals surface area contributed by atoms with E-state index in [1.165, 1.54) is 0 Å². The molecule has 7 heteroatoms. The van der Waals surface area contributed by atoms with Crippen LogP contribution >= 0.6 is 0 Å². The van der Waals surface area contributed by atoms with Crippen LogP contribution in [0, 0.1) is 5.92 Å². The summed E-state index contributed by atoms with van der Waals surface area (Å²) < 4.78 is 2.17. The number of fused-ring (bicyclic) bond motifs is 1. The molecule has 0 unspecified atom stereocenters. The summed E-state index contributed by atoms with van der Waals surface area (Å²) in [5.74, 6) is 0.974. The van der Waals surface area contributed by atoms with Crippen LogP contribution in [0.4, 0.5) is 0 Å². The van der Waals surface area contributed by atoms with E-state index in [0.717, 1.165) is 50.3 Å². The van der Waals surface area contributed by atoms with Crippen molar-refractivity contribution in [2.24, 2.45) is 5.92 Å². The summed E-state index contributed by atoms with van der Waals surface area (Å²) >= 11 is 0. The van der Waals surface area contributed by atoms with Gasteiger partial charge < -0.3 is 14.4 Å². The van der Waals surface area contributed by atoms with E-state index in [9.17, 15) is 14.4 Å². The van der Waals surface area contributed by atoms with Crippen LogP contribution < -0.4 is 5.56 Å². The first-order chi connectivity index (χ1) is 12.0. The van der Waals surface area contributed by atoms with Crippen molar-refractivity contribution in [3.63, 3.8) is 0 Å². The van der Waals surface area contributed by atoms with Gasteiger partial charge in [0.2, 0.25) is 11.8 Å². The van der Waals surface area contributed by atoms with Crippen LogP contribution in [0.15, 0.2) is 10.9 Å². The van der Waals surface area contributed by atoms with Crippen molar-refractivity contribution in [1.29, 1.82) is 0 Å². The van der Waals surface area contributed by atoms with Crippen molar-refractivity contribution >= 4 is 11.8 Å². The highest BCUT2D eigenvalue weighted by Gasteiger charge is 2.37. The first-order valence-electron chi connectivity index (χ1n) is 9.16. The van der Waals surface area contributed by atoms with Crippen molar-refractivity contribution < 1.29 is 9.59 Å². The molecule has 134 valence electrons. The Morgan fingerprint density at radius 2 is 2.04 bits per heavy atom. The Morgan fingerprint density at radius 3 is 2.80 bits per heavy atom. The maximum absolute atomic E-state index is 12.8. The van der Waals surface area contributed by atoms with Crippen molar-refractivity contribution in [3.8, 4) is 0 Å². The fourth-order valence-electron chi connectivity index (χ4n) is 4.46. The van der Waals surface area contributed by atoms with Crippen LogP contribution in [-0.2, 0) is 22.6 Å². The van der Waals surface area contributed by atoms with Gasteiger partial charge in [-0.15, -0.1) is 0 Å². The molecule has 25 heavy (non-hydrogen) atoms. The van der Waals surface area contributed by atoms with Gasteiger partial charge in [0, 0.05) is 63.7 Å². The summed E-state index contributed by atoms with van der Waals surface area (Å²) in [6.45, 7) is 2.80. The van der Waals surface area contributed by atoms with Crippen molar-refractivity contribution in [2.75, 3.05) is 26.7 Å². The second-order valence-corrected chi connectivity index (χ2v) is 7.49. The van der Waals surface area contributed by atoms with Gasteiger partial charge in [0.1, 0.15) is 5.82 Å². The zero-order valence-corrected chi connectivity index (χ0v) is 14.6. The third kappa shape index (κ3) is 2.96. The molecule has 0 radical (unpaired) electrons. The predicted octanol–water partition coefficient (Wildman–Crippen LogP) is 0.374. The van der Waals surface area contributed by atoms with E-state index in [-0.39, 0.29) is 29.2 Å². The summed E-state index contributed by atoms with van der Waals surface area (Å²) in [6.07, 6.45) is 4.11. The molecule has 2 atom stereocenters. The second-order valence-electron chi connectivity index (χ2n) is 7.49. The highest BCUT2D eigenvalue weighted by molar-refractivity contribution is 5.89. The molecule has 0 spiro atoms. The number of hydrogen-bond acceptors (Lipinski definition) is 4. The van der Waals surface area contributed by atoms with E-state index < -0.39 is 0 Å². The van der Waals surface area contributed by atoms with Gasteiger partial charge in [0.25, 0.3) is 5.56 Å². The van der Waals surface area contributed by atoms with E-state index in [1.807, 2.05) is 4.90 Å². The monoisotopic (exact) mass is 344 g/mol. The lowest BCUT2D eigenvalue weighted by Crippen LogP contribution is -2.43. The molecule has 0 aliphatic carbocycles. The van der Waals surface area contributed by atoms with Crippen LogP contribution in [0.2, 0.25) is 0 Å². The molecule has 4 rings (SSSR count). The molecule has 2 fully saturated rings. The fourth-order valence-corrected chi connectivity index (χ4v) is 4.46. The van der Waals surface area contributed by atoms with E-state index >= 15 is 0 Å². The number of nitrogens with zero attached hydrogens (tertiary/aromatic N) is 4. The van der Waals surface area contributed by atoms with Gasteiger partial charge in [-0.3, -0.25) is 14.4 Å². The topological polar surface area (TPSA) is 75.5 Å². The lowest BCUT2D eigenvalue weighted by Gasteiger charge is -2.35. The zero-order valence-electron chi connectivity index (χ0n) is 14.6. The predicted molar refractivity (Wildman–Crippen MR) is 91.1 cm³/mol. The minimum absolute atomic E-state index is 0.0467. The van der Waals surface area contributed by atoms with Crippen molar-refractivity contribution in [1.82, 2.24) is 19.4 Å². The number of aromatic nitrogens is 2. The quantitative estimate of drug-likeness (QED) is 0.777. The first kappa shape index (κ1) is 16.3. The third-order valence-corrected chi connectivity index (χ3v) is 5.76. The van der Waals surface area contributed by atoms with Crippen molar-refractivity contribution in [3.05, 3.63) is 27.9 Å². The normalized spacial score (nSPS) is 26.2. The lowest BCUT2D eigenvalue weighted by atomic mass is 9.93. The highest BCUT2D eigenvalue weighted by atomic mass is 16.2. The maximum Gasteiger partial charge on any atom is 0.273 e. The Hall–Kier alpha value is -2.18. The smallest absolute Gasteiger partial charge is 0.273 e. The van der Waals surface area contributed by atoms with Gasteiger partial charge in [-0.2, -0.15) is 4.98 Å². The Bertz CT molecular complexity index is 772. The average molecular weight is 344 g/mol. The van der Waals surface area contributed by atoms with Gasteiger partial charge in [0.05, 0.1) is 5.92 Å². The number of rotatable bonds is 2. The van der Waals surface area contributed by atoms with Crippen molar-refractivity contribution in [2.45, 2.75) is 44.6 Å². The summed E-state index contributed by atoms with van der Waals surface area (Å²) in [4.78, 5) is 44.2. The lowest BCUT2D eigenvalue weighted by molar-refractivity contribution is -0.137. The van der Waals surface area contributed by atoms with Gasteiger partial charge in [-0.1, -0.05) is 0 Å². The summed E-state index contributed by atoms with van der Waals surface area (Å²) in [5.41, 5.74) is 0.860. The number of hydrogen-bond donors (Lipinski definition) is 0. The summed E-state index contributed by atoms with van der Waals surface area (Å²) in [5, 5.41) is 0. The molecule has 3 aliphatic heterocycles. The van der Waals surface area contributed by atoms with E-state index in [0.29, 0.717) is 19.5 Å². The van der Waals surface area contributed by atoms with Crippen LogP contribution in [0.1, 0.15) is 43.1 Å². The van der Waals surface area contributed by atoms with Crippen LogP contribution in [0.25, 0.3) is 0 Å². The SMILES string of the molecule is CN1C[C@@H](C(=O)N2CCC[C@H](c3cc(=O)nc4n3CCC4)C2)CC1=O. The molecular weight excluding hydrogens is 320 g/mol. The van der Waals surface area contributed by atoms with Crippen LogP contribution in [0.5, 0.6) is 0 Å². The molecule has 1 aromatic heterocycles. The number of carbonyl (C=O) groups excluding carboxylic acids is 2. The second kappa shape index (κ2) is 6.28. The summed E-state index contributed by atoms with van der Waals surface area (Å²) in [6, 6.07) is 1.65. The summed E-state index contributed by atoms with van der Waals surface area (Å²) in [7, 11) is 1.75. The minimum Gasteiger partial charge on any atom is -0.345 e. The van der Waals surface area contributed by atoms with E-state index in [4.69, 9.17) is 0 Å². The molecule has 4 heterocycles. The van der Waals surface area contributed by atoms with E-state index in [1.54, 1.807) is 18.0 Å². The van der Waals surface area contributed by atoms with Crippen LogP contribution in [0.3, 0.4) is 0 Å². The number of piperidine rings is 1. The fraction of sp³-hybridized carbons (Fsp3) is 0.667. The maximum atomic E-state index is 12.8. The van der Waals surface area contributed by atoms with Gasteiger partial charge in [0.15, 0.2) is 0 Å². The number of aryl methyl sites for hydroxylation is 1. The van der Waals surface area contributed by atoms with Crippen LogP contribution in [-0.4, -0.2) is 57.8 Å². The number of likely N-dealkylation sites (tertiary alicyclic amines) is 2. The largest absolute Gasteiger partial charge is 0.345 e. The van der Waals surface area contributed by atoms with Gasteiger partial charge in [-0.25, -0.2) is 0 Å². The molecule has 0 bridgehead atoms. The number of amides is 2. The first-order valence-corrected chi connectivity index (χ1v) is 9.16. The molecule has 1 aromatic rings. The molecule has 0 saturated carbocycles. The molecular formula is C18H24N4O3. The van der Waals surface area contributed by atoms with Gasteiger partial charge in [-0.05, 0) is 19.3 Å². The Morgan fingerprint density at radius 1 is 1.20 bits per heavy atom. The molecule has 7 nitrogen and oxygen atoms in total. The Kier molecular flexibility index (Phi) is 4.09. The number of carbonyl (C=O) groups is 2. The molecule has 2 amide bonds. The average Bonchev–Trinajstić information content (AvgIpc) is 3.20. The highest BCUT2D eigenvalue weighted by Crippen LogP contribution is 2.30. The Balaban J connectivity index is 1.53. The molecule has 3 aliphatic rings. The molecule has 2 saturated heterocycles. The standard InChI is InChI=1S/C18H24N4O3/c1-20-10-13(8-17(20)24)18(25)21-6-2-4-12(11-21)14-9-16(23)19-15-5-3-7-22(14)15/h9,12-13H,2-8,10-11H2,1H3/t12-,13-/m0/s1. The Labute approximate surface area is 146 Å². The van der Waals surface area contributed by atoms with E-state index in [2.05, 4.69) is 9.55 Å².